The molecule has 12 nitrogen and oxygen atoms in total. The molecule has 0 aliphatic heterocycles. The number of urea groups is 1. The van der Waals surface area contributed by atoms with Gasteiger partial charge in [-0.1, -0.05) is 28.5 Å². The quantitative estimate of drug-likeness (QED) is 0.116. The van der Waals surface area contributed by atoms with Crippen LogP contribution in [0.3, 0.4) is 0 Å². The standard InChI is InChI=1S/C20H17F2N3O4.C13H14N2O3/c1-3-28-19(26)17-10-16(25-29-17)12-7-8-15(11(2)9-12)23-20(27)24-18-13(21)5-4-6-14(18)22;1-3-17-13(16)12-7-11(15-18-12)9-4-5-10(14)8(2)6-9/h4-10H,3H2,1-2H3,(H2,23,24,27);4-7H,3,14H2,1-2H3. The van der Waals surface area contributed by atoms with E-state index in [0.29, 0.717) is 40.5 Å². The van der Waals surface area contributed by atoms with E-state index in [2.05, 4.69) is 20.9 Å². The fourth-order valence-electron chi connectivity index (χ4n) is 4.10. The lowest BCUT2D eigenvalue weighted by molar-refractivity contribution is 0.0471. The van der Waals surface area contributed by atoms with Gasteiger partial charge >= 0.3 is 18.0 Å². The van der Waals surface area contributed by atoms with Gasteiger partial charge in [-0.2, -0.15) is 0 Å². The summed E-state index contributed by atoms with van der Waals surface area (Å²) in [5.74, 6) is -2.80. The van der Waals surface area contributed by atoms with E-state index in [1.165, 1.54) is 12.1 Å². The Kier molecular flexibility index (Phi) is 11.0. The van der Waals surface area contributed by atoms with Crippen molar-refractivity contribution in [2.45, 2.75) is 27.7 Å². The molecule has 0 aliphatic carbocycles. The van der Waals surface area contributed by atoms with Crippen LogP contribution in [0.1, 0.15) is 46.1 Å². The number of nitrogens with zero attached hydrogens (tertiary/aromatic N) is 2. The molecule has 2 aromatic heterocycles. The first-order valence-electron chi connectivity index (χ1n) is 14.3. The maximum Gasteiger partial charge on any atom is 0.377 e. The van der Waals surface area contributed by atoms with Gasteiger partial charge in [-0.3, -0.25) is 0 Å². The van der Waals surface area contributed by atoms with Gasteiger partial charge < -0.3 is 34.9 Å². The maximum atomic E-state index is 13.6. The highest BCUT2D eigenvalue weighted by molar-refractivity contribution is 6.00. The normalized spacial score (nSPS) is 10.4. The van der Waals surface area contributed by atoms with Gasteiger partial charge in [0.1, 0.15) is 28.7 Å². The van der Waals surface area contributed by atoms with E-state index in [9.17, 15) is 23.2 Å². The lowest BCUT2D eigenvalue weighted by Gasteiger charge is -2.11. The van der Waals surface area contributed by atoms with Crippen LogP contribution in [0, 0.1) is 25.5 Å². The monoisotopic (exact) mass is 647 g/mol. The number of hydrogen-bond acceptors (Lipinski definition) is 10. The summed E-state index contributed by atoms with van der Waals surface area (Å²) in [6.07, 6.45) is 0. The number of anilines is 3. The fraction of sp³-hybridized carbons (Fsp3) is 0.182. The number of aryl methyl sites for hydroxylation is 2. The van der Waals surface area contributed by atoms with Crippen molar-refractivity contribution in [1.29, 1.82) is 0 Å². The van der Waals surface area contributed by atoms with Crippen LogP contribution in [0.25, 0.3) is 22.5 Å². The number of rotatable bonds is 8. The summed E-state index contributed by atoms with van der Waals surface area (Å²) in [4.78, 5) is 35.2. The van der Waals surface area contributed by atoms with Crippen molar-refractivity contribution in [3.8, 4) is 22.5 Å². The van der Waals surface area contributed by atoms with E-state index in [-0.39, 0.29) is 18.1 Å². The predicted octanol–water partition coefficient (Wildman–Crippen LogP) is 7.16. The molecule has 0 bridgehead atoms. The number of para-hydroxylation sites is 1. The lowest BCUT2D eigenvalue weighted by atomic mass is 10.1. The second-order valence-electron chi connectivity index (χ2n) is 9.87. The number of nitrogen functional groups attached to an aromatic ring is 1. The summed E-state index contributed by atoms with van der Waals surface area (Å²) in [6.45, 7) is 7.57. The van der Waals surface area contributed by atoms with Gasteiger partial charge in [0.25, 0.3) is 0 Å². The zero-order valence-electron chi connectivity index (χ0n) is 25.9. The molecule has 4 N–H and O–H groups in total. The lowest BCUT2D eigenvalue weighted by Crippen LogP contribution is -2.21. The Morgan fingerprint density at radius 3 is 1.74 bits per heavy atom. The Morgan fingerprint density at radius 1 is 0.745 bits per heavy atom. The first-order valence-corrected chi connectivity index (χ1v) is 14.3. The van der Waals surface area contributed by atoms with E-state index in [1.54, 1.807) is 51.1 Å². The van der Waals surface area contributed by atoms with Gasteiger partial charge in [-0.25, -0.2) is 23.2 Å². The first-order chi connectivity index (χ1) is 22.5. The number of amides is 2. The fourth-order valence-corrected chi connectivity index (χ4v) is 4.10. The van der Waals surface area contributed by atoms with Crippen LogP contribution in [0.15, 0.2) is 75.8 Å². The van der Waals surface area contributed by atoms with E-state index in [0.717, 1.165) is 23.3 Å². The van der Waals surface area contributed by atoms with Crippen molar-refractivity contribution in [3.05, 3.63) is 101 Å². The maximum absolute atomic E-state index is 13.6. The van der Waals surface area contributed by atoms with Gasteiger partial charge in [0.2, 0.25) is 11.5 Å². The summed E-state index contributed by atoms with van der Waals surface area (Å²) in [7, 11) is 0. The van der Waals surface area contributed by atoms with Crippen molar-refractivity contribution in [2.24, 2.45) is 0 Å². The average Bonchev–Trinajstić information content (AvgIpc) is 3.74. The SMILES string of the molecule is CCOC(=O)c1cc(-c2ccc(N)c(C)c2)no1.CCOC(=O)c1cc(-c2ccc(NC(=O)Nc3c(F)cccc3F)c(C)c2)no1. The Labute approximate surface area is 267 Å². The number of ether oxygens (including phenoxy) is 2. The van der Waals surface area contributed by atoms with E-state index < -0.39 is 35.3 Å². The van der Waals surface area contributed by atoms with E-state index >= 15 is 0 Å². The molecule has 0 radical (unpaired) electrons. The number of nitrogens with one attached hydrogen (secondary N) is 2. The highest BCUT2D eigenvalue weighted by Crippen LogP contribution is 2.26. The highest BCUT2D eigenvalue weighted by atomic mass is 19.1. The van der Waals surface area contributed by atoms with Gasteiger partial charge in [0.15, 0.2) is 0 Å². The van der Waals surface area contributed by atoms with Crippen molar-refractivity contribution in [2.75, 3.05) is 29.6 Å². The molecule has 0 unspecified atom stereocenters. The molecule has 244 valence electrons. The molecule has 3 aromatic carbocycles. The summed E-state index contributed by atoms with van der Waals surface area (Å²) < 4.78 is 46.9. The van der Waals surface area contributed by atoms with Gasteiger partial charge in [0, 0.05) is 34.6 Å². The average molecular weight is 648 g/mol. The molecule has 0 spiro atoms. The zero-order valence-corrected chi connectivity index (χ0v) is 25.9. The molecular formula is C33H31F2N5O7. The van der Waals surface area contributed by atoms with Gasteiger partial charge in [-0.05, 0) is 75.2 Å². The summed E-state index contributed by atoms with van der Waals surface area (Å²) in [5, 5.41) is 12.4. The molecule has 0 aliphatic rings. The largest absolute Gasteiger partial charge is 0.460 e. The van der Waals surface area contributed by atoms with Crippen LogP contribution in [0.5, 0.6) is 0 Å². The summed E-state index contributed by atoms with van der Waals surface area (Å²) in [5.41, 5.74) is 10.5. The second-order valence-corrected chi connectivity index (χ2v) is 9.87. The number of nitrogens with two attached hydrogens (primary N) is 1. The van der Waals surface area contributed by atoms with Gasteiger partial charge in [-0.15, -0.1) is 0 Å². The number of aromatic nitrogens is 2. The van der Waals surface area contributed by atoms with Crippen molar-refractivity contribution >= 4 is 35.0 Å². The Hall–Kier alpha value is -6.05. The predicted molar refractivity (Wildman–Crippen MR) is 169 cm³/mol. The minimum atomic E-state index is -0.879. The molecule has 2 amide bonds. The Balaban J connectivity index is 0.000000238. The topological polar surface area (TPSA) is 172 Å². The molecule has 2 heterocycles. The van der Waals surface area contributed by atoms with Crippen LogP contribution in [0.4, 0.5) is 30.6 Å². The van der Waals surface area contributed by atoms with Crippen LogP contribution in [0.2, 0.25) is 0 Å². The summed E-state index contributed by atoms with van der Waals surface area (Å²) >= 11 is 0. The summed E-state index contributed by atoms with van der Waals surface area (Å²) in [6, 6.07) is 16.0. The minimum absolute atomic E-state index is 0.0204. The molecule has 5 aromatic rings. The number of esters is 2. The third-order valence-corrected chi connectivity index (χ3v) is 6.51. The zero-order chi connectivity index (χ0) is 34.1. The minimum Gasteiger partial charge on any atom is -0.460 e. The third-order valence-electron chi connectivity index (χ3n) is 6.51. The molecular weight excluding hydrogens is 616 g/mol. The number of carbonyl (C=O) groups excluding carboxylic acids is 3. The molecule has 0 atom stereocenters. The molecule has 0 fully saturated rings. The molecule has 0 saturated carbocycles. The molecule has 5 rings (SSSR count). The third kappa shape index (κ3) is 8.57. The smallest absolute Gasteiger partial charge is 0.377 e. The number of halogens is 2. The number of benzene rings is 3. The molecule has 0 saturated heterocycles. The first kappa shape index (κ1) is 33.8. The van der Waals surface area contributed by atoms with Crippen LogP contribution in [-0.2, 0) is 9.47 Å². The van der Waals surface area contributed by atoms with E-state index in [4.69, 9.17) is 24.3 Å². The van der Waals surface area contributed by atoms with Crippen molar-refractivity contribution in [3.63, 3.8) is 0 Å². The molecule has 14 heteroatoms. The van der Waals surface area contributed by atoms with Crippen molar-refractivity contribution < 1.29 is 41.7 Å². The number of carbonyl (C=O) groups is 3. The van der Waals surface area contributed by atoms with Crippen molar-refractivity contribution in [1.82, 2.24) is 10.3 Å². The van der Waals surface area contributed by atoms with E-state index in [1.807, 2.05) is 19.1 Å². The Morgan fingerprint density at radius 2 is 1.26 bits per heavy atom. The Bertz CT molecular complexity index is 1880. The van der Waals surface area contributed by atoms with Crippen LogP contribution < -0.4 is 16.4 Å². The van der Waals surface area contributed by atoms with Gasteiger partial charge in [0.05, 0.1) is 13.2 Å². The highest BCUT2D eigenvalue weighted by Gasteiger charge is 2.17. The number of hydrogen-bond donors (Lipinski definition) is 3. The van der Waals surface area contributed by atoms with Crippen LogP contribution >= 0.6 is 0 Å². The van der Waals surface area contributed by atoms with Crippen LogP contribution in [-0.4, -0.2) is 41.5 Å². The second kappa shape index (κ2) is 15.3. The molecule has 47 heavy (non-hydrogen) atoms.